The fourth-order valence-electron chi connectivity index (χ4n) is 5.96. The zero-order chi connectivity index (χ0) is 29.8. The Hall–Kier alpha value is -2.07. The number of nitrogens with two attached hydrogens (primary N) is 1. The molecule has 2 saturated carbocycles. The number of rotatable bonds is 11. The summed E-state index contributed by atoms with van der Waals surface area (Å²) in [6.07, 6.45) is 12.6. The summed E-state index contributed by atoms with van der Waals surface area (Å²) >= 11 is 1.57. The van der Waals surface area contributed by atoms with Crippen molar-refractivity contribution in [2.45, 2.75) is 122 Å². The number of aliphatic hydroxyl groups excluding tert-OH is 2. The van der Waals surface area contributed by atoms with Crippen molar-refractivity contribution < 1.29 is 19.8 Å². The zero-order valence-corrected chi connectivity index (χ0v) is 26.1. The van der Waals surface area contributed by atoms with Crippen LogP contribution >= 0.6 is 11.3 Å². The minimum absolute atomic E-state index is 0.0419. The number of hydrogen-bond donors (Lipinski definition) is 5. The van der Waals surface area contributed by atoms with Crippen LogP contribution in [0.3, 0.4) is 0 Å². The van der Waals surface area contributed by atoms with Crippen molar-refractivity contribution in [1.29, 1.82) is 0 Å². The molecule has 2 amide bonds. The Morgan fingerprint density at radius 2 is 1.61 bits per heavy atom. The van der Waals surface area contributed by atoms with E-state index in [2.05, 4.69) is 36.6 Å². The van der Waals surface area contributed by atoms with E-state index >= 15 is 0 Å². The Labute approximate surface area is 249 Å². The number of benzene rings is 1. The van der Waals surface area contributed by atoms with E-state index in [4.69, 9.17) is 15.8 Å². The lowest BCUT2D eigenvalue weighted by atomic mass is 9.84. The van der Waals surface area contributed by atoms with Gasteiger partial charge >= 0.3 is 0 Å². The molecule has 0 radical (unpaired) electrons. The summed E-state index contributed by atoms with van der Waals surface area (Å²) in [5.41, 5.74) is 7.87. The average molecular weight is 589 g/mol. The van der Waals surface area contributed by atoms with Crippen molar-refractivity contribution in [2.75, 3.05) is 13.2 Å². The van der Waals surface area contributed by atoms with Gasteiger partial charge in [-0.15, -0.1) is 11.3 Å². The normalized spacial score (nSPS) is 18.8. The molecule has 1 heterocycles. The maximum Gasteiger partial charge on any atom is 0.243 e. The predicted octanol–water partition coefficient (Wildman–Crippen LogP) is 4.80. The van der Waals surface area contributed by atoms with Crippen LogP contribution in [0.5, 0.6) is 0 Å². The summed E-state index contributed by atoms with van der Waals surface area (Å²) in [4.78, 5) is 29.9. The largest absolute Gasteiger partial charge is 0.395 e. The lowest BCUT2D eigenvalue weighted by Gasteiger charge is -2.31. The number of amides is 2. The van der Waals surface area contributed by atoms with Crippen LogP contribution in [0.2, 0.25) is 0 Å². The number of carbonyl (C=O) groups is 2. The Bertz CT molecular complexity index is 1080. The molecule has 2 fully saturated rings. The first-order valence-corrected chi connectivity index (χ1v) is 16.5. The molecule has 0 bridgehead atoms. The maximum absolute atomic E-state index is 13.1. The first-order chi connectivity index (χ1) is 19.7. The molecule has 2 aliphatic rings. The van der Waals surface area contributed by atoms with Gasteiger partial charge in [-0.05, 0) is 61.1 Å². The van der Waals surface area contributed by atoms with Gasteiger partial charge in [-0.1, -0.05) is 65.4 Å². The van der Waals surface area contributed by atoms with Gasteiger partial charge < -0.3 is 26.6 Å². The van der Waals surface area contributed by atoms with Crippen molar-refractivity contribution in [3.05, 3.63) is 28.8 Å². The van der Waals surface area contributed by atoms with Gasteiger partial charge in [-0.25, -0.2) is 4.98 Å². The molecule has 1 aromatic heterocycles. The summed E-state index contributed by atoms with van der Waals surface area (Å²) in [6.45, 7) is 6.17. The monoisotopic (exact) mass is 588 g/mol. The quantitative estimate of drug-likeness (QED) is 0.256. The molecule has 2 aromatic rings. The lowest BCUT2D eigenvalue weighted by molar-refractivity contribution is -0.129. The van der Waals surface area contributed by atoms with Crippen molar-refractivity contribution in [3.8, 4) is 0 Å². The van der Waals surface area contributed by atoms with Gasteiger partial charge in [-0.3, -0.25) is 9.59 Å². The summed E-state index contributed by atoms with van der Waals surface area (Å²) in [5, 5.41) is 25.3. The second kappa shape index (κ2) is 17.1. The highest BCUT2D eigenvalue weighted by atomic mass is 32.1. The highest BCUT2D eigenvalue weighted by Crippen LogP contribution is 2.28. The van der Waals surface area contributed by atoms with Gasteiger partial charge in [0.25, 0.3) is 0 Å². The van der Waals surface area contributed by atoms with Gasteiger partial charge in [-0.2, -0.15) is 0 Å². The van der Waals surface area contributed by atoms with E-state index in [1.807, 2.05) is 6.07 Å². The minimum Gasteiger partial charge on any atom is -0.395 e. The van der Waals surface area contributed by atoms with E-state index in [0.29, 0.717) is 30.6 Å². The maximum atomic E-state index is 13.1. The van der Waals surface area contributed by atoms with Gasteiger partial charge in [0.2, 0.25) is 11.8 Å². The van der Waals surface area contributed by atoms with E-state index in [0.717, 1.165) is 40.9 Å². The second-order valence-electron chi connectivity index (χ2n) is 12.1. The van der Waals surface area contributed by atoms with E-state index in [1.54, 1.807) is 18.3 Å². The van der Waals surface area contributed by atoms with Gasteiger partial charge in [0.1, 0.15) is 6.04 Å². The number of nitrogens with zero attached hydrogens (tertiary/aromatic N) is 1. The lowest BCUT2D eigenvalue weighted by Crippen LogP contribution is -2.53. The van der Waals surface area contributed by atoms with Crippen molar-refractivity contribution in [3.63, 3.8) is 0 Å². The fourth-order valence-corrected chi connectivity index (χ4v) is 7.02. The second-order valence-corrected chi connectivity index (χ2v) is 13.2. The number of hydrogen-bond acceptors (Lipinski definition) is 7. The molecule has 0 aliphatic heterocycles. The smallest absolute Gasteiger partial charge is 0.243 e. The van der Waals surface area contributed by atoms with Crippen LogP contribution in [-0.2, 0) is 16.0 Å². The van der Waals surface area contributed by atoms with Crippen molar-refractivity contribution in [2.24, 2.45) is 17.6 Å². The van der Waals surface area contributed by atoms with Crippen LogP contribution < -0.4 is 16.4 Å². The first-order valence-electron chi connectivity index (χ1n) is 15.7. The molecule has 1 aromatic carbocycles. The third-order valence-corrected chi connectivity index (χ3v) is 9.72. The Balaban J connectivity index is 0.000000389. The van der Waals surface area contributed by atoms with Crippen LogP contribution in [0.15, 0.2) is 18.2 Å². The van der Waals surface area contributed by atoms with E-state index in [9.17, 15) is 14.7 Å². The average Bonchev–Trinajstić information content (AvgIpc) is 3.41. The number of carbonyl (C=O) groups excluding carboxylic acids is 2. The van der Waals surface area contributed by atoms with Crippen molar-refractivity contribution >= 4 is 33.4 Å². The fraction of sp³-hybridized carbons (Fsp3) is 0.719. The van der Waals surface area contributed by atoms with E-state index in [1.165, 1.54) is 44.1 Å². The first kappa shape index (κ1) is 33.4. The summed E-state index contributed by atoms with van der Waals surface area (Å²) < 4.78 is 1.10. The molecule has 0 saturated heterocycles. The predicted molar refractivity (Wildman–Crippen MR) is 167 cm³/mol. The van der Waals surface area contributed by atoms with Crippen LogP contribution in [0.25, 0.3) is 10.2 Å². The Morgan fingerprint density at radius 3 is 2.17 bits per heavy atom. The minimum atomic E-state index is -0.699. The molecule has 230 valence electrons. The summed E-state index contributed by atoms with van der Waals surface area (Å²) in [7, 11) is 0. The summed E-state index contributed by atoms with van der Waals surface area (Å²) in [5.74, 6) is 0.920. The number of aliphatic hydroxyl groups is 2. The number of fused-ring (bicyclic) bond motifs is 1. The molecular weight excluding hydrogens is 536 g/mol. The molecule has 8 nitrogen and oxygen atoms in total. The van der Waals surface area contributed by atoms with Crippen molar-refractivity contribution in [1.82, 2.24) is 15.6 Å². The van der Waals surface area contributed by atoms with Gasteiger partial charge in [0.05, 0.1) is 34.5 Å². The van der Waals surface area contributed by atoms with E-state index in [-0.39, 0.29) is 37.1 Å². The van der Waals surface area contributed by atoms with Crippen LogP contribution in [0, 0.1) is 11.8 Å². The zero-order valence-electron chi connectivity index (χ0n) is 25.2. The SMILES string of the molecule is CCC(=O)N[C@@H](Cc1nc2ccc(C(C)C)cc2s1)C(=O)N[C@H](CO)C1CCCCC1.N[C@H](CO)C1CCCCC1. The van der Waals surface area contributed by atoms with Gasteiger partial charge in [0.15, 0.2) is 0 Å². The van der Waals surface area contributed by atoms with Crippen LogP contribution in [0.4, 0.5) is 0 Å². The third kappa shape index (κ3) is 10.3. The highest BCUT2D eigenvalue weighted by Gasteiger charge is 2.29. The molecule has 0 unspecified atom stereocenters. The summed E-state index contributed by atoms with van der Waals surface area (Å²) in [6, 6.07) is 5.35. The number of nitrogens with one attached hydrogen (secondary N) is 2. The van der Waals surface area contributed by atoms with Crippen LogP contribution in [-0.4, -0.2) is 58.4 Å². The highest BCUT2D eigenvalue weighted by molar-refractivity contribution is 7.18. The molecule has 4 rings (SSSR count). The molecule has 0 spiro atoms. The topological polar surface area (TPSA) is 138 Å². The molecule has 6 N–H and O–H groups in total. The number of aromatic nitrogens is 1. The van der Waals surface area contributed by atoms with Crippen LogP contribution in [0.1, 0.15) is 108 Å². The molecule has 2 aliphatic carbocycles. The molecule has 9 heteroatoms. The molecule has 3 atom stereocenters. The van der Waals surface area contributed by atoms with Gasteiger partial charge in [0, 0.05) is 18.9 Å². The van der Waals surface area contributed by atoms with E-state index < -0.39 is 6.04 Å². The Morgan fingerprint density at radius 1 is 0.976 bits per heavy atom. The molecule has 41 heavy (non-hydrogen) atoms. The molecular formula is C32H52N4O4S. The third-order valence-electron chi connectivity index (χ3n) is 8.68. The standard InChI is InChI=1S/C24H35N3O3S.C8H17NO/c1-4-22(29)25-19(24(30)27-20(14-28)16-8-6-5-7-9-16)13-23-26-18-11-10-17(15(2)3)12-21(18)31-23;9-8(6-10)7-4-2-1-3-5-7/h10-12,15-16,19-20,28H,4-9,13-14H2,1-3H3,(H,25,29)(H,27,30);7-8,10H,1-6,9H2/t19-,20+;8-/m01/s1. The Kier molecular flexibility index (Phi) is 14.0. The number of thiazole rings is 1.